The molecule has 2 saturated heterocycles. The minimum Gasteiger partial charge on any atom is -0.472 e. The third-order valence-corrected chi connectivity index (χ3v) is 8.11. The second-order valence-corrected chi connectivity index (χ2v) is 13.1. The molecule has 2 atom stereocenters. The normalized spacial score (nSPS) is 26.9. The van der Waals surface area contributed by atoms with Gasteiger partial charge in [0.15, 0.2) is 0 Å². The SMILES string of the molecule is Cc1ccccc1C1=NC(CN2CCC(C(=O)NCCCN3CC(C)(C)CC(C)(C)C3)CC2)C(C)O1. The maximum Gasteiger partial charge on any atom is 0.223 e. The van der Waals surface area contributed by atoms with E-state index in [2.05, 4.69) is 68.8 Å². The van der Waals surface area contributed by atoms with Gasteiger partial charge in [-0.25, -0.2) is 4.99 Å². The van der Waals surface area contributed by atoms with Crippen LogP contribution in [-0.2, 0) is 9.53 Å². The van der Waals surface area contributed by atoms with Gasteiger partial charge in [0, 0.05) is 37.7 Å². The van der Waals surface area contributed by atoms with Gasteiger partial charge in [0.1, 0.15) is 12.1 Å². The van der Waals surface area contributed by atoms with Crippen LogP contribution in [0.15, 0.2) is 29.3 Å². The van der Waals surface area contributed by atoms with E-state index in [-0.39, 0.29) is 24.0 Å². The first-order chi connectivity index (χ1) is 17.0. The molecule has 0 radical (unpaired) electrons. The van der Waals surface area contributed by atoms with Crippen LogP contribution in [0, 0.1) is 23.7 Å². The first-order valence-corrected chi connectivity index (χ1v) is 14.0. The molecule has 0 aliphatic carbocycles. The zero-order valence-corrected chi connectivity index (χ0v) is 23.5. The topological polar surface area (TPSA) is 57.2 Å². The van der Waals surface area contributed by atoms with E-state index < -0.39 is 0 Å². The number of piperidine rings is 2. The molecule has 3 heterocycles. The first kappa shape index (κ1) is 27.1. The number of nitrogens with one attached hydrogen (secondary N) is 1. The summed E-state index contributed by atoms with van der Waals surface area (Å²) in [5.41, 5.74) is 3.03. The highest BCUT2D eigenvalue weighted by molar-refractivity contribution is 5.96. The number of ether oxygens (including phenoxy) is 1. The van der Waals surface area contributed by atoms with E-state index in [0.717, 1.165) is 76.5 Å². The van der Waals surface area contributed by atoms with Crippen molar-refractivity contribution in [1.82, 2.24) is 15.1 Å². The average Bonchev–Trinajstić information content (AvgIpc) is 3.15. The van der Waals surface area contributed by atoms with Gasteiger partial charge in [0.2, 0.25) is 11.8 Å². The lowest BCUT2D eigenvalue weighted by atomic mass is 9.71. The maximum atomic E-state index is 12.8. The van der Waals surface area contributed by atoms with Crippen molar-refractivity contribution < 1.29 is 9.53 Å². The molecule has 2 unspecified atom stereocenters. The summed E-state index contributed by atoms with van der Waals surface area (Å²) < 4.78 is 6.12. The average molecular weight is 497 g/mol. The standard InChI is InChI=1S/C30H48N4O2/c1-22-10-7-8-11-25(22)28-32-26(23(2)36-28)18-33-16-12-24(13-17-33)27(35)31-14-9-15-34-20-29(3,4)19-30(5,6)21-34/h7-8,10-11,23-24,26H,9,12-21H2,1-6H3,(H,31,35). The Morgan fingerprint density at radius 1 is 1.08 bits per heavy atom. The number of rotatable bonds is 8. The second kappa shape index (κ2) is 11.2. The van der Waals surface area contributed by atoms with Crippen LogP contribution in [0.5, 0.6) is 0 Å². The minimum absolute atomic E-state index is 0.0803. The molecule has 4 rings (SSSR count). The Morgan fingerprint density at radius 2 is 1.75 bits per heavy atom. The molecule has 3 aliphatic rings. The highest BCUT2D eigenvalue weighted by Crippen LogP contribution is 2.39. The summed E-state index contributed by atoms with van der Waals surface area (Å²) >= 11 is 0. The number of aliphatic imine (C=N–C) groups is 1. The number of likely N-dealkylation sites (tertiary alicyclic amines) is 2. The fourth-order valence-electron chi connectivity index (χ4n) is 6.81. The maximum absolute atomic E-state index is 12.8. The molecular formula is C30H48N4O2. The summed E-state index contributed by atoms with van der Waals surface area (Å²) in [6.07, 6.45) is 4.24. The number of aryl methyl sites for hydroxylation is 1. The molecule has 1 N–H and O–H groups in total. The Hall–Kier alpha value is -1.92. The Balaban J connectivity index is 1.16. The zero-order valence-electron chi connectivity index (χ0n) is 23.5. The molecule has 6 nitrogen and oxygen atoms in total. The van der Waals surface area contributed by atoms with Crippen molar-refractivity contribution in [3.8, 4) is 0 Å². The summed E-state index contributed by atoms with van der Waals surface area (Å²) in [6, 6.07) is 8.42. The third-order valence-electron chi connectivity index (χ3n) is 8.11. The van der Waals surface area contributed by atoms with Crippen LogP contribution < -0.4 is 5.32 Å². The molecule has 0 aromatic heterocycles. The van der Waals surface area contributed by atoms with Gasteiger partial charge < -0.3 is 19.9 Å². The summed E-state index contributed by atoms with van der Waals surface area (Å²) in [6.45, 7) is 20.7. The number of carbonyl (C=O) groups is 1. The lowest BCUT2D eigenvalue weighted by Crippen LogP contribution is -2.49. The molecule has 2 fully saturated rings. The van der Waals surface area contributed by atoms with Crippen molar-refractivity contribution in [3.63, 3.8) is 0 Å². The van der Waals surface area contributed by atoms with Crippen LogP contribution >= 0.6 is 0 Å². The van der Waals surface area contributed by atoms with Crippen LogP contribution in [-0.4, -0.2) is 79.6 Å². The van der Waals surface area contributed by atoms with E-state index >= 15 is 0 Å². The minimum atomic E-state index is 0.0803. The third kappa shape index (κ3) is 7.10. The predicted molar refractivity (Wildman–Crippen MR) is 147 cm³/mol. The molecule has 0 saturated carbocycles. The van der Waals surface area contributed by atoms with E-state index in [1.165, 1.54) is 12.0 Å². The van der Waals surface area contributed by atoms with Gasteiger partial charge in [-0.1, -0.05) is 45.9 Å². The molecule has 0 bridgehead atoms. The van der Waals surface area contributed by atoms with Crippen LogP contribution in [0.4, 0.5) is 0 Å². The van der Waals surface area contributed by atoms with Gasteiger partial charge in [0.25, 0.3) is 0 Å². The molecule has 6 heteroatoms. The van der Waals surface area contributed by atoms with Crippen molar-refractivity contribution in [1.29, 1.82) is 0 Å². The Kier molecular flexibility index (Phi) is 8.45. The smallest absolute Gasteiger partial charge is 0.223 e. The van der Waals surface area contributed by atoms with Crippen molar-refractivity contribution >= 4 is 11.8 Å². The lowest BCUT2D eigenvalue weighted by Gasteiger charge is -2.47. The van der Waals surface area contributed by atoms with E-state index in [1.807, 2.05) is 12.1 Å². The van der Waals surface area contributed by atoms with Gasteiger partial charge in [-0.15, -0.1) is 0 Å². The highest BCUT2D eigenvalue weighted by atomic mass is 16.5. The molecule has 1 aromatic rings. The molecule has 1 amide bonds. The molecular weight excluding hydrogens is 448 g/mol. The Morgan fingerprint density at radius 3 is 2.42 bits per heavy atom. The monoisotopic (exact) mass is 496 g/mol. The Bertz CT molecular complexity index is 917. The molecule has 3 aliphatic heterocycles. The first-order valence-electron chi connectivity index (χ1n) is 14.0. The number of hydrogen-bond acceptors (Lipinski definition) is 5. The van der Waals surface area contributed by atoms with Crippen LogP contribution in [0.3, 0.4) is 0 Å². The fraction of sp³-hybridized carbons (Fsp3) is 0.733. The molecule has 200 valence electrons. The summed E-state index contributed by atoms with van der Waals surface area (Å²) in [4.78, 5) is 22.8. The summed E-state index contributed by atoms with van der Waals surface area (Å²) in [5, 5.41) is 3.23. The van der Waals surface area contributed by atoms with E-state index in [0.29, 0.717) is 10.8 Å². The van der Waals surface area contributed by atoms with Gasteiger partial charge >= 0.3 is 0 Å². The second-order valence-electron chi connectivity index (χ2n) is 13.1. The largest absolute Gasteiger partial charge is 0.472 e. The van der Waals surface area contributed by atoms with E-state index in [4.69, 9.17) is 9.73 Å². The number of benzene rings is 1. The van der Waals surface area contributed by atoms with Crippen LogP contribution in [0.1, 0.15) is 71.4 Å². The van der Waals surface area contributed by atoms with E-state index in [1.54, 1.807) is 0 Å². The van der Waals surface area contributed by atoms with Gasteiger partial charge in [-0.2, -0.15) is 0 Å². The van der Waals surface area contributed by atoms with Gasteiger partial charge in [-0.3, -0.25) is 4.79 Å². The van der Waals surface area contributed by atoms with Crippen molar-refractivity contribution in [3.05, 3.63) is 35.4 Å². The van der Waals surface area contributed by atoms with Gasteiger partial charge in [0.05, 0.1) is 0 Å². The summed E-state index contributed by atoms with van der Waals surface area (Å²) in [5.74, 6) is 1.15. The number of hydrogen-bond donors (Lipinski definition) is 1. The van der Waals surface area contributed by atoms with Crippen molar-refractivity contribution in [2.45, 2.75) is 79.4 Å². The predicted octanol–water partition coefficient (Wildman–Crippen LogP) is 4.51. The summed E-state index contributed by atoms with van der Waals surface area (Å²) in [7, 11) is 0. The quantitative estimate of drug-likeness (QED) is 0.538. The number of nitrogens with zero attached hydrogens (tertiary/aromatic N) is 3. The van der Waals surface area contributed by atoms with Crippen LogP contribution in [0.2, 0.25) is 0 Å². The zero-order chi connectivity index (χ0) is 25.9. The molecule has 0 spiro atoms. The van der Waals surface area contributed by atoms with Gasteiger partial charge in [-0.05, 0) is 81.6 Å². The fourth-order valence-corrected chi connectivity index (χ4v) is 6.81. The van der Waals surface area contributed by atoms with Crippen molar-refractivity contribution in [2.75, 3.05) is 45.8 Å². The number of carbonyl (C=O) groups excluding carboxylic acids is 1. The van der Waals surface area contributed by atoms with Crippen molar-refractivity contribution in [2.24, 2.45) is 21.7 Å². The highest BCUT2D eigenvalue weighted by Gasteiger charge is 2.37. The van der Waals surface area contributed by atoms with E-state index in [9.17, 15) is 4.79 Å². The Labute approximate surface area is 218 Å². The lowest BCUT2D eigenvalue weighted by molar-refractivity contribution is -0.126. The molecule has 36 heavy (non-hydrogen) atoms. The number of amides is 1. The molecule has 1 aromatic carbocycles. The van der Waals surface area contributed by atoms with Crippen LogP contribution in [0.25, 0.3) is 0 Å².